The fraction of sp³-hybridized carbons (Fsp3) is 0.393. The second kappa shape index (κ2) is 12.1. The van der Waals surface area contributed by atoms with E-state index in [-0.39, 0.29) is 49.8 Å². The molecular formula is C28H32N2O5. The molecule has 2 aromatic rings. The average Bonchev–Trinajstić information content (AvgIpc) is 3.14. The first kappa shape index (κ1) is 25.8. The third-order valence-electron chi connectivity index (χ3n) is 6.11. The van der Waals surface area contributed by atoms with Crippen LogP contribution in [0.1, 0.15) is 43.7 Å². The topological polar surface area (TPSA) is 95.9 Å². The van der Waals surface area contributed by atoms with Crippen LogP contribution in [0.4, 0.5) is 4.79 Å². The predicted molar refractivity (Wildman–Crippen MR) is 134 cm³/mol. The van der Waals surface area contributed by atoms with E-state index in [1.165, 1.54) is 0 Å². The molecule has 1 atom stereocenters. The quantitative estimate of drug-likeness (QED) is 0.476. The zero-order valence-corrected chi connectivity index (χ0v) is 20.2. The minimum Gasteiger partial charge on any atom is -0.480 e. The number of nitrogens with zero attached hydrogens (tertiary/aromatic N) is 1. The van der Waals surface area contributed by atoms with Gasteiger partial charge in [0.05, 0.1) is 6.54 Å². The monoisotopic (exact) mass is 476 g/mol. The summed E-state index contributed by atoms with van der Waals surface area (Å²) < 4.78 is 5.59. The molecular weight excluding hydrogens is 444 g/mol. The standard InChI is InChI=1S/C28H32N2O5/c1-4-13-30(17-27(32)33)26(31)15-20(14-19(2)3)16-29-28(34)35-18-25-23-11-7-5-9-21(23)22-10-6-8-12-24(22)25/h1,5-12,19-20,25H,13-18H2,2-3H3,(H,29,34)(H,32,33)/t20-/m0/s1. The summed E-state index contributed by atoms with van der Waals surface area (Å²) in [6.45, 7) is 4.00. The summed E-state index contributed by atoms with van der Waals surface area (Å²) in [6.07, 6.45) is 5.53. The Morgan fingerprint density at radius 2 is 1.69 bits per heavy atom. The van der Waals surface area contributed by atoms with E-state index >= 15 is 0 Å². The van der Waals surface area contributed by atoms with Gasteiger partial charge in [-0.1, -0.05) is 68.3 Å². The van der Waals surface area contributed by atoms with Crippen molar-refractivity contribution in [2.75, 3.05) is 26.2 Å². The van der Waals surface area contributed by atoms with E-state index in [2.05, 4.69) is 35.5 Å². The summed E-state index contributed by atoms with van der Waals surface area (Å²) in [5.41, 5.74) is 4.59. The molecule has 2 aromatic carbocycles. The van der Waals surface area contributed by atoms with Gasteiger partial charge in [0.1, 0.15) is 13.2 Å². The Morgan fingerprint density at radius 3 is 2.23 bits per heavy atom. The van der Waals surface area contributed by atoms with Gasteiger partial charge in [0.15, 0.2) is 0 Å². The molecule has 0 saturated heterocycles. The summed E-state index contributed by atoms with van der Waals surface area (Å²) in [5, 5.41) is 11.8. The Balaban J connectivity index is 1.58. The number of benzene rings is 2. The number of carbonyl (C=O) groups is 3. The molecule has 7 nitrogen and oxygen atoms in total. The molecule has 3 rings (SSSR count). The van der Waals surface area contributed by atoms with Crippen molar-refractivity contribution in [3.05, 3.63) is 59.7 Å². The van der Waals surface area contributed by atoms with Gasteiger partial charge in [-0.25, -0.2) is 4.79 Å². The summed E-state index contributed by atoms with van der Waals surface area (Å²) in [5.74, 6) is 0.953. The van der Waals surface area contributed by atoms with Gasteiger partial charge >= 0.3 is 12.1 Å². The molecule has 0 aliphatic heterocycles. The van der Waals surface area contributed by atoms with Crippen LogP contribution in [0, 0.1) is 24.2 Å². The SMILES string of the molecule is C#CCN(CC(=O)O)C(=O)C[C@@H](CNC(=O)OCC1c2ccccc2-c2ccccc21)CC(C)C. The number of nitrogens with one attached hydrogen (secondary N) is 1. The highest BCUT2D eigenvalue weighted by molar-refractivity contribution is 5.82. The van der Waals surface area contributed by atoms with Crippen molar-refractivity contribution in [1.82, 2.24) is 10.2 Å². The molecule has 184 valence electrons. The van der Waals surface area contributed by atoms with Gasteiger partial charge in [-0.05, 0) is 40.5 Å². The molecule has 2 N–H and O–H groups in total. The first-order valence-electron chi connectivity index (χ1n) is 11.8. The van der Waals surface area contributed by atoms with E-state index in [1.807, 2.05) is 38.1 Å². The van der Waals surface area contributed by atoms with E-state index in [9.17, 15) is 14.4 Å². The molecule has 0 aromatic heterocycles. The van der Waals surface area contributed by atoms with Crippen LogP contribution >= 0.6 is 0 Å². The van der Waals surface area contributed by atoms with Crippen molar-refractivity contribution in [1.29, 1.82) is 0 Å². The Bertz CT molecular complexity index is 1060. The van der Waals surface area contributed by atoms with E-state index in [1.54, 1.807) is 0 Å². The number of alkyl carbamates (subject to hydrolysis) is 1. The number of hydrogen-bond donors (Lipinski definition) is 2. The minimum absolute atomic E-state index is 0.0328. The van der Waals surface area contributed by atoms with E-state index in [0.29, 0.717) is 6.42 Å². The summed E-state index contributed by atoms with van der Waals surface area (Å²) in [4.78, 5) is 37.4. The molecule has 2 amide bonds. The van der Waals surface area contributed by atoms with Gasteiger partial charge in [-0.3, -0.25) is 9.59 Å². The van der Waals surface area contributed by atoms with E-state index < -0.39 is 18.6 Å². The Labute approximate surface area is 206 Å². The van der Waals surface area contributed by atoms with E-state index in [4.69, 9.17) is 16.3 Å². The molecule has 0 bridgehead atoms. The van der Waals surface area contributed by atoms with Crippen LogP contribution in [0.15, 0.2) is 48.5 Å². The van der Waals surface area contributed by atoms with Crippen molar-refractivity contribution in [2.45, 2.75) is 32.6 Å². The molecule has 1 aliphatic carbocycles. The second-order valence-corrected chi connectivity index (χ2v) is 9.25. The van der Waals surface area contributed by atoms with Crippen LogP contribution < -0.4 is 5.32 Å². The lowest BCUT2D eigenvalue weighted by Gasteiger charge is -2.23. The van der Waals surface area contributed by atoms with Crippen LogP contribution in [0.3, 0.4) is 0 Å². The van der Waals surface area contributed by atoms with Crippen LogP contribution in [0.5, 0.6) is 0 Å². The predicted octanol–water partition coefficient (Wildman–Crippen LogP) is 4.12. The van der Waals surface area contributed by atoms with Gasteiger partial charge in [-0.15, -0.1) is 6.42 Å². The Hall–Kier alpha value is -3.79. The summed E-state index contributed by atoms with van der Waals surface area (Å²) in [7, 11) is 0. The van der Waals surface area contributed by atoms with Crippen LogP contribution in [0.2, 0.25) is 0 Å². The number of carboxylic acids is 1. The first-order chi connectivity index (χ1) is 16.8. The van der Waals surface area contributed by atoms with Gasteiger partial charge in [0.2, 0.25) is 5.91 Å². The maximum atomic E-state index is 12.7. The fourth-order valence-corrected chi connectivity index (χ4v) is 4.66. The lowest BCUT2D eigenvalue weighted by molar-refractivity contribution is -0.144. The number of terminal acetylenes is 1. The highest BCUT2D eigenvalue weighted by Gasteiger charge is 2.29. The molecule has 0 spiro atoms. The van der Waals surface area contributed by atoms with Crippen molar-refractivity contribution in [3.8, 4) is 23.5 Å². The molecule has 1 aliphatic rings. The maximum Gasteiger partial charge on any atom is 0.407 e. The van der Waals surface area contributed by atoms with Crippen LogP contribution in [-0.2, 0) is 14.3 Å². The number of aliphatic carboxylic acids is 1. The normalized spacial score (nSPS) is 12.9. The van der Waals surface area contributed by atoms with Crippen molar-refractivity contribution in [2.24, 2.45) is 11.8 Å². The molecule has 0 saturated carbocycles. The van der Waals surface area contributed by atoms with Gasteiger partial charge < -0.3 is 20.1 Å². The van der Waals surface area contributed by atoms with Crippen molar-refractivity contribution in [3.63, 3.8) is 0 Å². The van der Waals surface area contributed by atoms with Crippen molar-refractivity contribution < 1.29 is 24.2 Å². The third-order valence-corrected chi connectivity index (χ3v) is 6.11. The zero-order valence-electron chi connectivity index (χ0n) is 20.2. The Kier molecular flexibility index (Phi) is 8.91. The minimum atomic E-state index is -1.12. The molecule has 35 heavy (non-hydrogen) atoms. The summed E-state index contributed by atoms with van der Waals surface area (Å²) >= 11 is 0. The third kappa shape index (κ3) is 6.86. The highest BCUT2D eigenvalue weighted by atomic mass is 16.5. The average molecular weight is 477 g/mol. The number of carbonyl (C=O) groups excluding carboxylic acids is 2. The molecule has 0 radical (unpaired) electrons. The number of ether oxygens (including phenoxy) is 1. The highest BCUT2D eigenvalue weighted by Crippen LogP contribution is 2.44. The number of fused-ring (bicyclic) bond motifs is 3. The number of amides is 2. The van der Waals surface area contributed by atoms with E-state index in [0.717, 1.165) is 27.2 Å². The number of rotatable bonds is 11. The van der Waals surface area contributed by atoms with Gasteiger partial charge in [0.25, 0.3) is 0 Å². The van der Waals surface area contributed by atoms with Crippen LogP contribution in [-0.4, -0.2) is 54.2 Å². The zero-order chi connectivity index (χ0) is 25.4. The molecule has 0 heterocycles. The summed E-state index contributed by atoms with van der Waals surface area (Å²) in [6, 6.07) is 16.3. The van der Waals surface area contributed by atoms with Gasteiger partial charge in [-0.2, -0.15) is 0 Å². The second-order valence-electron chi connectivity index (χ2n) is 9.25. The largest absolute Gasteiger partial charge is 0.480 e. The smallest absolute Gasteiger partial charge is 0.407 e. The van der Waals surface area contributed by atoms with Crippen molar-refractivity contribution >= 4 is 18.0 Å². The number of hydrogen-bond acceptors (Lipinski definition) is 4. The first-order valence-corrected chi connectivity index (χ1v) is 11.8. The lowest BCUT2D eigenvalue weighted by atomic mass is 9.93. The van der Waals surface area contributed by atoms with Crippen LogP contribution in [0.25, 0.3) is 11.1 Å². The lowest BCUT2D eigenvalue weighted by Crippen LogP contribution is -2.39. The molecule has 0 fully saturated rings. The fourth-order valence-electron chi connectivity index (χ4n) is 4.66. The van der Waals surface area contributed by atoms with Gasteiger partial charge in [0, 0.05) is 18.9 Å². The molecule has 7 heteroatoms. The molecule has 0 unspecified atom stereocenters. The Morgan fingerprint density at radius 1 is 1.09 bits per heavy atom. The maximum absolute atomic E-state index is 12.7. The number of carboxylic acid groups (broad SMARTS) is 1.